The van der Waals surface area contributed by atoms with Crippen LogP contribution in [0.25, 0.3) is 0 Å². The molecular formula is C20H24N2O4. The Kier molecular flexibility index (Phi) is 5.61. The van der Waals surface area contributed by atoms with Gasteiger partial charge in [-0.05, 0) is 31.0 Å². The van der Waals surface area contributed by atoms with E-state index in [0.29, 0.717) is 13.0 Å². The molecule has 3 rings (SSSR count). The molecule has 2 heterocycles. The highest BCUT2D eigenvalue weighted by Crippen LogP contribution is 2.38. The SMILES string of the molecule is COc1ccc([C@H]2CCCN2C(=O)CCn2ccccc2=O)c(OC)c1. The van der Waals surface area contributed by atoms with Crippen molar-refractivity contribution in [3.8, 4) is 11.5 Å². The van der Waals surface area contributed by atoms with Crippen molar-refractivity contribution in [1.82, 2.24) is 9.47 Å². The number of carbonyl (C=O) groups excluding carboxylic acids is 1. The molecule has 138 valence electrons. The zero-order chi connectivity index (χ0) is 18.5. The van der Waals surface area contributed by atoms with Gasteiger partial charge in [-0.1, -0.05) is 6.07 Å². The van der Waals surface area contributed by atoms with Crippen molar-refractivity contribution >= 4 is 5.91 Å². The summed E-state index contributed by atoms with van der Waals surface area (Å²) in [7, 11) is 3.24. The highest BCUT2D eigenvalue weighted by atomic mass is 16.5. The van der Waals surface area contributed by atoms with Crippen molar-refractivity contribution in [3.05, 3.63) is 58.5 Å². The Balaban J connectivity index is 1.74. The number of hydrogen-bond acceptors (Lipinski definition) is 4. The van der Waals surface area contributed by atoms with Crippen LogP contribution in [-0.4, -0.2) is 36.1 Å². The predicted molar refractivity (Wildman–Crippen MR) is 98.6 cm³/mol. The topological polar surface area (TPSA) is 60.8 Å². The molecule has 1 saturated heterocycles. The van der Waals surface area contributed by atoms with E-state index < -0.39 is 0 Å². The Morgan fingerprint density at radius 1 is 1.19 bits per heavy atom. The summed E-state index contributed by atoms with van der Waals surface area (Å²) in [5, 5.41) is 0. The van der Waals surface area contributed by atoms with E-state index in [1.807, 2.05) is 23.1 Å². The average Bonchev–Trinajstić information content (AvgIpc) is 3.16. The molecule has 1 amide bonds. The number of benzene rings is 1. The Hall–Kier alpha value is -2.76. The van der Waals surface area contributed by atoms with E-state index in [2.05, 4.69) is 0 Å². The van der Waals surface area contributed by atoms with Gasteiger partial charge in [0.15, 0.2) is 0 Å². The zero-order valence-electron chi connectivity index (χ0n) is 15.2. The maximum Gasteiger partial charge on any atom is 0.250 e. The zero-order valence-corrected chi connectivity index (χ0v) is 15.2. The summed E-state index contributed by atoms with van der Waals surface area (Å²) < 4.78 is 12.3. The van der Waals surface area contributed by atoms with E-state index in [1.165, 1.54) is 6.07 Å². The minimum atomic E-state index is -0.0879. The number of ether oxygens (including phenoxy) is 2. The highest BCUT2D eigenvalue weighted by molar-refractivity contribution is 5.77. The molecule has 1 fully saturated rings. The Morgan fingerprint density at radius 3 is 2.77 bits per heavy atom. The molecule has 26 heavy (non-hydrogen) atoms. The quantitative estimate of drug-likeness (QED) is 0.798. The lowest BCUT2D eigenvalue weighted by molar-refractivity contribution is -0.132. The van der Waals surface area contributed by atoms with Gasteiger partial charge in [0, 0.05) is 43.4 Å². The van der Waals surface area contributed by atoms with Crippen molar-refractivity contribution in [2.24, 2.45) is 0 Å². The average molecular weight is 356 g/mol. The molecule has 1 aromatic heterocycles. The molecule has 1 aliphatic rings. The molecule has 6 heteroatoms. The molecule has 0 bridgehead atoms. The lowest BCUT2D eigenvalue weighted by Crippen LogP contribution is -2.32. The highest BCUT2D eigenvalue weighted by Gasteiger charge is 2.31. The van der Waals surface area contributed by atoms with Crippen molar-refractivity contribution in [3.63, 3.8) is 0 Å². The first kappa shape index (κ1) is 18.0. The van der Waals surface area contributed by atoms with Crippen LogP contribution in [0.3, 0.4) is 0 Å². The first-order chi connectivity index (χ1) is 12.6. The van der Waals surface area contributed by atoms with E-state index in [-0.39, 0.29) is 17.5 Å². The summed E-state index contributed by atoms with van der Waals surface area (Å²) in [6, 6.07) is 10.7. The number of likely N-dealkylation sites (tertiary alicyclic amines) is 1. The minimum absolute atomic E-state index is 0.00384. The standard InChI is InChI=1S/C20H24N2O4/c1-25-15-8-9-16(18(14-15)26-2)17-6-5-12-22(17)20(24)10-13-21-11-4-3-7-19(21)23/h3-4,7-9,11,14,17H,5-6,10,12-13H2,1-2H3/t17-/m1/s1. The van der Waals surface area contributed by atoms with Gasteiger partial charge < -0.3 is 18.9 Å². The van der Waals surface area contributed by atoms with E-state index in [9.17, 15) is 9.59 Å². The first-order valence-corrected chi connectivity index (χ1v) is 8.81. The fraction of sp³-hybridized carbons (Fsp3) is 0.400. The number of amides is 1. The third-order valence-electron chi connectivity index (χ3n) is 4.84. The molecule has 0 aliphatic carbocycles. The second-order valence-electron chi connectivity index (χ2n) is 6.34. The fourth-order valence-corrected chi connectivity index (χ4v) is 3.49. The number of carbonyl (C=O) groups is 1. The summed E-state index contributed by atoms with van der Waals surface area (Å²) in [6.45, 7) is 1.11. The van der Waals surface area contributed by atoms with Crippen LogP contribution < -0.4 is 15.0 Å². The number of aromatic nitrogens is 1. The normalized spacial score (nSPS) is 16.5. The number of aryl methyl sites for hydroxylation is 1. The smallest absolute Gasteiger partial charge is 0.250 e. The van der Waals surface area contributed by atoms with Crippen molar-refractivity contribution in [2.45, 2.75) is 31.8 Å². The third-order valence-corrected chi connectivity index (χ3v) is 4.84. The summed E-state index contributed by atoms with van der Waals surface area (Å²) in [5.41, 5.74) is 0.908. The molecular weight excluding hydrogens is 332 g/mol. The Bertz CT molecular complexity index is 831. The minimum Gasteiger partial charge on any atom is -0.497 e. The maximum atomic E-state index is 12.8. The Labute approximate surface area is 153 Å². The van der Waals surface area contributed by atoms with Crippen LogP contribution in [0, 0.1) is 0 Å². The second-order valence-corrected chi connectivity index (χ2v) is 6.34. The Morgan fingerprint density at radius 2 is 2.04 bits per heavy atom. The molecule has 2 aromatic rings. The van der Waals surface area contributed by atoms with Gasteiger partial charge in [-0.3, -0.25) is 9.59 Å². The maximum absolute atomic E-state index is 12.8. The van der Waals surface area contributed by atoms with E-state index >= 15 is 0 Å². The van der Waals surface area contributed by atoms with Gasteiger partial charge in [-0.15, -0.1) is 0 Å². The van der Waals surface area contributed by atoms with E-state index in [1.54, 1.807) is 37.1 Å². The number of pyridine rings is 1. The summed E-state index contributed by atoms with van der Waals surface area (Å²) >= 11 is 0. The largest absolute Gasteiger partial charge is 0.497 e. The van der Waals surface area contributed by atoms with Crippen LogP contribution >= 0.6 is 0 Å². The number of nitrogens with zero attached hydrogens (tertiary/aromatic N) is 2. The lowest BCUT2D eigenvalue weighted by atomic mass is 10.0. The molecule has 0 saturated carbocycles. The molecule has 1 aromatic carbocycles. The first-order valence-electron chi connectivity index (χ1n) is 8.81. The van der Waals surface area contributed by atoms with Crippen LogP contribution in [-0.2, 0) is 11.3 Å². The number of methoxy groups -OCH3 is 2. The van der Waals surface area contributed by atoms with Crippen LogP contribution in [0.2, 0.25) is 0 Å². The fourth-order valence-electron chi connectivity index (χ4n) is 3.49. The van der Waals surface area contributed by atoms with Crippen LogP contribution in [0.5, 0.6) is 11.5 Å². The van der Waals surface area contributed by atoms with Crippen LogP contribution in [0.15, 0.2) is 47.4 Å². The second kappa shape index (κ2) is 8.08. The van der Waals surface area contributed by atoms with Gasteiger partial charge in [0.05, 0.1) is 20.3 Å². The van der Waals surface area contributed by atoms with Crippen molar-refractivity contribution in [1.29, 1.82) is 0 Å². The molecule has 1 atom stereocenters. The molecule has 1 aliphatic heterocycles. The van der Waals surface area contributed by atoms with Gasteiger partial charge in [-0.2, -0.15) is 0 Å². The molecule has 6 nitrogen and oxygen atoms in total. The van der Waals surface area contributed by atoms with Crippen LogP contribution in [0.4, 0.5) is 0 Å². The van der Waals surface area contributed by atoms with E-state index in [4.69, 9.17) is 9.47 Å². The third kappa shape index (κ3) is 3.74. The summed E-state index contributed by atoms with van der Waals surface area (Å²) in [4.78, 5) is 26.5. The molecule has 0 N–H and O–H groups in total. The van der Waals surface area contributed by atoms with Crippen LogP contribution in [0.1, 0.15) is 30.9 Å². The summed E-state index contributed by atoms with van der Waals surface area (Å²) in [6.07, 6.45) is 3.87. The lowest BCUT2D eigenvalue weighted by Gasteiger charge is -2.26. The van der Waals surface area contributed by atoms with E-state index in [0.717, 1.165) is 36.4 Å². The predicted octanol–water partition coefficient (Wildman–Crippen LogP) is 2.62. The molecule has 0 unspecified atom stereocenters. The van der Waals surface area contributed by atoms with Gasteiger partial charge in [0.1, 0.15) is 11.5 Å². The number of hydrogen-bond donors (Lipinski definition) is 0. The molecule has 0 spiro atoms. The number of rotatable bonds is 6. The van der Waals surface area contributed by atoms with Crippen molar-refractivity contribution < 1.29 is 14.3 Å². The van der Waals surface area contributed by atoms with Gasteiger partial charge in [0.2, 0.25) is 5.91 Å². The van der Waals surface area contributed by atoms with Gasteiger partial charge >= 0.3 is 0 Å². The van der Waals surface area contributed by atoms with Gasteiger partial charge in [-0.25, -0.2) is 0 Å². The summed E-state index contributed by atoms with van der Waals surface area (Å²) in [5.74, 6) is 1.51. The monoisotopic (exact) mass is 356 g/mol. The van der Waals surface area contributed by atoms with Crippen molar-refractivity contribution in [2.75, 3.05) is 20.8 Å². The van der Waals surface area contributed by atoms with Gasteiger partial charge in [0.25, 0.3) is 5.56 Å². The molecule has 0 radical (unpaired) electrons.